The van der Waals surface area contributed by atoms with Gasteiger partial charge in [-0.3, -0.25) is 13.6 Å². The first-order valence-corrected chi connectivity index (χ1v) is 22.8. The van der Waals surface area contributed by atoms with Crippen LogP contribution in [0.4, 0.5) is 0 Å². The second-order valence-electron chi connectivity index (χ2n) is 15.8. The second kappa shape index (κ2) is 17.1. The molecule has 7 heteroatoms. The Labute approximate surface area is 339 Å². The summed E-state index contributed by atoms with van der Waals surface area (Å²) in [7, 11) is -5.61. The van der Waals surface area contributed by atoms with Gasteiger partial charge in [0.1, 0.15) is 0 Å². The minimum absolute atomic E-state index is 0.0627. The number of benzene rings is 6. The van der Waals surface area contributed by atoms with Crippen molar-refractivity contribution in [2.45, 2.75) is 51.4 Å². The van der Waals surface area contributed by atoms with E-state index in [1.54, 1.807) is 0 Å². The summed E-state index contributed by atoms with van der Waals surface area (Å²) in [5.74, 6) is -0.200. The van der Waals surface area contributed by atoms with E-state index in [-0.39, 0.29) is 37.1 Å². The Morgan fingerprint density at radius 1 is 0.579 bits per heavy atom. The summed E-state index contributed by atoms with van der Waals surface area (Å²) in [6.45, 7) is 9.62. The third-order valence-electron chi connectivity index (χ3n) is 11.2. The molecule has 5 nitrogen and oxygen atoms in total. The third kappa shape index (κ3) is 8.49. The Balaban J connectivity index is 1.02. The fourth-order valence-electron chi connectivity index (χ4n) is 8.08. The van der Waals surface area contributed by atoms with Crippen LogP contribution in [0.3, 0.4) is 0 Å². The van der Waals surface area contributed by atoms with E-state index in [9.17, 15) is 4.57 Å². The van der Waals surface area contributed by atoms with Crippen LogP contribution < -0.4 is 10.4 Å². The average molecular weight is 790 g/mol. The van der Waals surface area contributed by atoms with Crippen molar-refractivity contribution in [2.24, 2.45) is 0 Å². The van der Waals surface area contributed by atoms with Gasteiger partial charge in [-0.15, -0.1) is 0 Å². The highest BCUT2D eigenvalue weighted by molar-refractivity contribution is 7.48. The van der Waals surface area contributed by atoms with Crippen molar-refractivity contribution < 1.29 is 22.6 Å². The number of phosphoric acid groups is 1. The highest BCUT2D eigenvalue weighted by Crippen LogP contribution is 2.55. The van der Waals surface area contributed by atoms with Gasteiger partial charge >= 0.3 is 7.82 Å². The molecule has 0 N–H and O–H groups in total. The van der Waals surface area contributed by atoms with Crippen LogP contribution in [0.5, 0.6) is 0 Å². The Kier molecular flexibility index (Phi) is 11.7. The maximum atomic E-state index is 14.9. The highest BCUT2D eigenvalue weighted by Gasteiger charge is 2.36. The molecule has 0 bridgehead atoms. The van der Waals surface area contributed by atoms with Crippen LogP contribution in [0.1, 0.15) is 73.8 Å². The molecule has 0 unspecified atom stereocenters. The molecular weight excluding hydrogens is 740 g/mol. The summed E-state index contributed by atoms with van der Waals surface area (Å²) in [5, 5.41) is 2.39. The molecule has 0 spiro atoms. The Hall–Kier alpha value is -4.65. The Morgan fingerprint density at radius 2 is 1.00 bits per heavy atom. The Morgan fingerprint density at radius 3 is 1.44 bits per heavy atom. The summed E-state index contributed by atoms with van der Waals surface area (Å²) in [4.78, 5) is 0. The SMILES string of the molecule is CC/C(=C\COP(=O)(OCC1c2ccccc2-c2ccccc21)OCC1c2ccccc2-c2ccccc21)CO[Si](c1ccccc1)c1ccc(C(C)(C)C)cc1. The highest BCUT2D eigenvalue weighted by atomic mass is 31.2. The number of hydrogen-bond acceptors (Lipinski definition) is 5. The van der Waals surface area contributed by atoms with Gasteiger partial charge in [-0.05, 0) is 77.9 Å². The topological polar surface area (TPSA) is 54.0 Å². The lowest BCUT2D eigenvalue weighted by molar-refractivity contribution is 0.116. The van der Waals surface area contributed by atoms with Crippen LogP contribution in [0.2, 0.25) is 0 Å². The van der Waals surface area contributed by atoms with Crippen molar-refractivity contribution >= 4 is 27.2 Å². The predicted octanol–water partition coefficient (Wildman–Crippen LogP) is 11.2. The summed E-state index contributed by atoms with van der Waals surface area (Å²) >= 11 is 0. The average Bonchev–Trinajstić information content (AvgIpc) is 3.74. The van der Waals surface area contributed by atoms with Crippen molar-refractivity contribution in [1.82, 2.24) is 0 Å². The molecule has 289 valence electrons. The monoisotopic (exact) mass is 789 g/mol. The number of rotatable bonds is 15. The van der Waals surface area contributed by atoms with Crippen molar-refractivity contribution in [2.75, 3.05) is 26.4 Å². The molecular formula is C50H50O5PSi. The first kappa shape index (κ1) is 39.2. The normalized spacial score (nSPS) is 14.1. The first-order valence-electron chi connectivity index (χ1n) is 20.0. The lowest BCUT2D eigenvalue weighted by Gasteiger charge is -2.23. The predicted molar refractivity (Wildman–Crippen MR) is 234 cm³/mol. The van der Waals surface area contributed by atoms with Gasteiger partial charge in [0.25, 0.3) is 9.04 Å². The maximum Gasteiger partial charge on any atom is 0.475 e. The Bertz CT molecular complexity index is 2210. The van der Waals surface area contributed by atoms with Gasteiger partial charge in [0, 0.05) is 11.8 Å². The van der Waals surface area contributed by atoms with E-state index in [1.807, 2.05) is 36.4 Å². The van der Waals surface area contributed by atoms with E-state index in [4.69, 9.17) is 18.0 Å². The molecule has 0 aliphatic heterocycles. The zero-order valence-corrected chi connectivity index (χ0v) is 35.1. The van der Waals surface area contributed by atoms with Crippen LogP contribution in [-0.4, -0.2) is 35.5 Å². The third-order valence-corrected chi connectivity index (χ3v) is 14.8. The minimum atomic E-state index is -4.07. The fraction of sp³-hybridized carbons (Fsp3) is 0.240. The molecule has 57 heavy (non-hydrogen) atoms. The molecule has 0 fully saturated rings. The van der Waals surface area contributed by atoms with Crippen molar-refractivity contribution in [1.29, 1.82) is 0 Å². The molecule has 2 aliphatic rings. The first-order chi connectivity index (χ1) is 27.7. The van der Waals surface area contributed by atoms with Crippen LogP contribution in [0, 0.1) is 0 Å². The molecule has 0 aromatic heterocycles. The summed E-state index contributed by atoms with van der Waals surface area (Å²) in [6.07, 6.45) is 2.74. The molecule has 1 radical (unpaired) electrons. The van der Waals surface area contributed by atoms with E-state index in [1.165, 1.54) is 38.2 Å². The van der Waals surface area contributed by atoms with Crippen molar-refractivity contribution in [3.05, 3.63) is 191 Å². The van der Waals surface area contributed by atoms with E-state index < -0.39 is 16.9 Å². The number of phosphoric ester groups is 1. The van der Waals surface area contributed by atoms with Gasteiger partial charge in [0.15, 0.2) is 0 Å². The van der Waals surface area contributed by atoms with Gasteiger partial charge in [0.2, 0.25) is 0 Å². The molecule has 0 heterocycles. The van der Waals surface area contributed by atoms with Gasteiger partial charge in [-0.25, -0.2) is 4.57 Å². The fourth-order valence-corrected chi connectivity index (χ4v) is 11.2. The van der Waals surface area contributed by atoms with Crippen LogP contribution in [0.15, 0.2) is 163 Å². The molecule has 0 atom stereocenters. The zero-order valence-electron chi connectivity index (χ0n) is 33.2. The lowest BCUT2D eigenvalue weighted by atomic mass is 9.87. The molecule has 0 saturated carbocycles. The molecule has 6 aromatic rings. The standard InChI is InChI=1S/C50H50O5PSi/c1-5-36(33-55-57(38-17-7-6-8-18-38)39-29-27-37(28-30-39)50(2,3)4)31-32-52-56(51,53-34-48-44-23-13-9-19-40(44)41-20-10-14-24-45(41)48)54-35-49-46-25-15-11-21-42(46)43-22-12-16-26-47(43)49/h6-31,48-49H,5,32-35H2,1-4H3/b36-31+. The number of fused-ring (bicyclic) bond motifs is 6. The molecule has 2 aliphatic carbocycles. The zero-order chi connectivity index (χ0) is 39.4. The summed E-state index contributed by atoms with van der Waals surface area (Å²) in [6, 6.07) is 52.8. The molecule has 0 saturated heterocycles. The maximum absolute atomic E-state index is 14.9. The minimum Gasteiger partial charge on any atom is -0.403 e. The van der Waals surface area contributed by atoms with Gasteiger partial charge in [-0.2, -0.15) is 0 Å². The van der Waals surface area contributed by atoms with E-state index in [0.29, 0.717) is 6.61 Å². The van der Waals surface area contributed by atoms with Gasteiger partial charge in [-0.1, -0.05) is 185 Å². The van der Waals surface area contributed by atoms with Crippen LogP contribution in [0.25, 0.3) is 22.3 Å². The summed E-state index contributed by atoms with van der Waals surface area (Å²) in [5.41, 5.74) is 11.7. The number of hydrogen-bond donors (Lipinski definition) is 0. The molecule has 0 amide bonds. The van der Waals surface area contributed by atoms with E-state index >= 15 is 0 Å². The summed E-state index contributed by atoms with van der Waals surface area (Å²) < 4.78 is 40.6. The second-order valence-corrected chi connectivity index (χ2v) is 19.6. The lowest BCUT2D eigenvalue weighted by Crippen LogP contribution is -2.45. The molecule has 6 aromatic carbocycles. The quantitative estimate of drug-likeness (QED) is 0.0589. The van der Waals surface area contributed by atoms with Crippen molar-refractivity contribution in [3.63, 3.8) is 0 Å². The van der Waals surface area contributed by atoms with Crippen LogP contribution >= 0.6 is 7.82 Å². The van der Waals surface area contributed by atoms with E-state index in [0.717, 1.165) is 34.2 Å². The van der Waals surface area contributed by atoms with Crippen LogP contribution in [-0.2, 0) is 28.0 Å². The smallest absolute Gasteiger partial charge is 0.403 e. The van der Waals surface area contributed by atoms with E-state index in [2.05, 4.69) is 149 Å². The van der Waals surface area contributed by atoms with Crippen molar-refractivity contribution in [3.8, 4) is 22.3 Å². The van der Waals surface area contributed by atoms with Gasteiger partial charge in [0.05, 0.1) is 26.4 Å². The largest absolute Gasteiger partial charge is 0.475 e. The van der Waals surface area contributed by atoms with Gasteiger partial charge < -0.3 is 4.43 Å². The molecule has 8 rings (SSSR count).